The second-order valence-corrected chi connectivity index (χ2v) is 9.11. The standard InChI is InChI=1S/C17H20N2O3S2/c1-13-5-2-7-15(11-13)18-17(20)14-6-3-9-19(12-14)24(21,22)16-8-4-10-23-16/h2,4-5,7-8,10-11,14H,3,6,9,12H2,1H3,(H,18,20). The molecular weight excluding hydrogens is 344 g/mol. The summed E-state index contributed by atoms with van der Waals surface area (Å²) in [6.45, 7) is 2.66. The fourth-order valence-electron chi connectivity index (χ4n) is 2.88. The maximum Gasteiger partial charge on any atom is 0.252 e. The number of aryl methyl sites for hydroxylation is 1. The van der Waals surface area contributed by atoms with Crippen molar-refractivity contribution in [3.8, 4) is 0 Å². The average Bonchev–Trinajstić information content (AvgIpc) is 3.10. The number of carbonyl (C=O) groups is 1. The van der Waals surface area contributed by atoms with Gasteiger partial charge in [0.05, 0.1) is 5.92 Å². The number of amides is 1. The Morgan fingerprint density at radius 2 is 2.12 bits per heavy atom. The summed E-state index contributed by atoms with van der Waals surface area (Å²) < 4.78 is 27.0. The van der Waals surface area contributed by atoms with Crippen molar-refractivity contribution in [1.82, 2.24) is 4.31 Å². The van der Waals surface area contributed by atoms with E-state index < -0.39 is 10.0 Å². The number of carbonyl (C=O) groups excluding carboxylic acids is 1. The second kappa shape index (κ2) is 7.04. The van der Waals surface area contributed by atoms with Gasteiger partial charge >= 0.3 is 0 Å². The quantitative estimate of drug-likeness (QED) is 0.906. The maximum absolute atomic E-state index is 12.6. The highest BCUT2D eigenvalue weighted by atomic mass is 32.2. The van der Waals surface area contributed by atoms with Crippen LogP contribution in [0.3, 0.4) is 0 Å². The van der Waals surface area contributed by atoms with Crippen LogP contribution in [0.1, 0.15) is 18.4 Å². The highest BCUT2D eigenvalue weighted by molar-refractivity contribution is 7.91. The Morgan fingerprint density at radius 1 is 1.29 bits per heavy atom. The molecule has 2 heterocycles. The van der Waals surface area contributed by atoms with Gasteiger partial charge in [-0.05, 0) is 48.9 Å². The van der Waals surface area contributed by atoms with E-state index >= 15 is 0 Å². The molecule has 1 aliphatic heterocycles. The average molecular weight is 364 g/mol. The molecule has 5 nitrogen and oxygen atoms in total. The summed E-state index contributed by atoms with van der Waals surface area (Å²) in [5.41, 5.74) is 1.82. The van der Waals surface area contributed by atoms with Gasteiger partial charge < -0.3 is 5.32 Å². The van der Waals surface area contributed by atoms with E-state index in [9.17, 15) is 13.2 Å². The zero-order chi connectivity index (χ0) is 17.2. The molecule has 0 radical (unpaired) electrons. The lowest BCUT2D eigenvalue weighted by Crippen LogP contribution is -2.43. The van der Waals surface area contributed by atoms with Crippen molar-refractivity contribution < 1.29 is 13.2 Å². The highest BCUT2D eigenvalue weighted by Crippen LogP contribution is 2.27. The molecule has 0 aliphatic carbocycles. The Kier molecular flexibility index (Phi) is 5.03. The number of rotatable bonds is 4. The predicted molar refractivity (Wildman–Crippen MR) is 95.6 cm³/mol. The number of benzene rings is 1. The van der Waals surface area contributed by atoms with Crippen LogP contribution in [-0.2, 0) is 14.8 Å². The molecule has 1 aromatic carbocycles. The molecule has 128 valence electrons. The lowest BCUT2D eigenvalue weighted by molar-refractivity contribution is -0.120. The highest BCUT2D eigenvalue weighted by Gasteiger charge is 2.33. The summed E-state index contributed by atoms with van der Waals surface area (Å²) >= 11 is 1.21. The largest absolute Gasteiger partial charge is 0.326 e. The minimum atomic E-state index is -3.49. The van der Waals surface area contributed by atoms with E-state index in [1.54, 1.807) is 17.5 Å². The van der Waals surface area contributed by atoms with Crippen LogP contribution in [0.25, 0.3) is 0 Å². The lowest BCUT2D eigenvalue weighted by Gasteiger charge is -2.30. The first-order valence-corrected chi connectivity index (χ1v) is 10.2. The SMILES string of the molecule is Cc1cccc(NC(=O)C2CCCN(S(=O)(=O)c3cccs3)C2)c1. The van der Waals surface area contributed by atoms with Gasteiger partial charge in [-0.3, -0.25) is 4.79 Å². The molecule has 1 unspecified atom stereocenters. The number of piperidine rings is 1. The molecule has 1 aliphatic rings. The molecule has 7 heteroatoms. The zero-order valence-corrected chi connectivity index (χ0v) is 15.1. The van der Waals surface area contributed by atoms with Gasteiger partial charge in [-0.2, -0.15) is 4.31 Å². The monoisotopic (exact) mass is 364 g/mol. The van der Waals surface area contributed by atoms with Crippen molar-refractivity contribution in [2.75, 3.05) is 18.4 Å². The Hall–Kier alpha value is -1.70. The molecule has 0 bridgehead atoms. The van der Waals surface area contributed by atoms with Gasteiger partial charge in [0.15, 0.2) is 0 Å². The molecular formula is C17H20N2O3S2. The number of anilines is 1. The summed E-state index contributed by atoms with van der Waals surface area (Å²) in [4.78, 5) is 12.5. The zero-order valence-electron chi connectivity index (χ0n) is 13.4. The number of nitrogens with one attached hydrogen (secondary N) is 1. The summed E-state index contributed by atoms with van der Waals surface area (Å²) in [5, 5.41) is 4.65. The van der Waals surface area contributed by atoms with Crippen molar-refractivity contribution in [2.45, 2.75) is 24.0 Å². The van der Waals surface area contributed by atoms with Gasteiger partial charge in [-0.15, -0.1) is 11.3 Å². The fraction of sp³-hybridized carbons (Fsp3) is 0.353. The number of thiophene rings is 1. The van der Waals surface area contributed by atoms with E-state index in [-0.39, 0.29) is 18.4 Å². The van der Waals surface area contributed by atoms with Crippen molar-refractivity contribution in [3.05, 3.63) is 47.3 Å². The van der Waals surface area contributed by atoms with E-state index in [4.69, 9.17) is 0 Å². The van der Waals surface area contributed by atoms with Crippen LogP contribution in [0.2, 0.25) is 0 Å². The van der Waals surface area contributed by atoms with Crippen LogP contribution in [0.5, 0.6) is 0 Å². The third kappa shape index (κ3) is 3.68. The van der Waals surface area contributed by atoms with Crippen LogP contribution in [0, 0.1) is 12.8 Å². The predicted octanol–water partition coefficient (Wildman–Crippen LogP) is 3.10. The van der Waals surface area contributed by atoms with Crippen molar-refractivity contribution in [1.29, 1.82) is 0 Å². The molecule has 1 fully saturated rings. The van der Waals surface area contributed by atoms with Crippen LogP contribution >= 0.6 is 11.3 Å². The van der Waals surface area contributed by atoms with Gasteiger partial charge in [0.1, 0.15) is 4.21 Å². The number of hydrogen-bond acceptors (Lipinski definition) is 4. The van der Waals surface area contributed by atoms with Crippen molar-refractivity contribution in [3.63, 3.8) is 0 Å². The lowest BCUT2D eigenvalue weighted by atomic mass is 9.98. The van der Waals surface area contributed by atoms with Crippen molar-refractivity contribution in [2.24, 2.45) is 5.92 Å². The van der Waals surface area contributed by atoms with Crippen LogP contribution < -0.4 is 5.32 Å². The molecule has 1 atom stereocenters. The smallest absolute Gasteiger partial charge is 0.252 e. The van der Waals surface area contributed by atoms with Gasteiger partial charge in [-0.1, -0.05) is 18.2 Å². The summed E-state index contributed by atoms with van der Waals surface area (Å²) in [6, 6.07) is 10.9. The first-order chi connectivity index (χ1) is 11.5. The molecule has 0 saturated carbocycles. The Balaban J connectivity index is 1.70. The van der Waals surface area contributed by atoms with Gasteiger partial charge in [0.2, 0.25) is 5.91 Å². The Morgan fingerprint density at radius 3 is 2.83 bits per heavy atom. The Bertz CT molecular complexity index is 816. The molecule has 0 spiro atoms. The molecule has 2 aromatic rings. The van der Waals surface area contributed by atoms with Crippen LogP contribution in [-0.4, -0.2) is 31.7 Å². The van der Waals surface area contributed by atoms with Crippen LogP contribution in [0.4, 0.5) is 5.69 Å². The number of nitrogens with zero attached hydrogens (tertiary/aromatic N) is 1. The first kappa shape index (κ1) is 17.1. The van der Waals surface area contributed by atoms with E-state index in [0.717, 1.165) is 11.3 Å². The topological polar surface area (TPSA) is 66.5 Å². The van der Waals surface area contributed by atoms with E-state index in [0.29, 0.717) is 23.6 Å². The van der Waals surface area contributed by atoms with Crippen molar-refractivity contribution >= 4 is 33.0 Å². The number of sulfonamides is 1. The third-order valence-corrected chi connectivity index (χ3v) is 7.37. The van der Waals surface area contributed by atoms with E-state index in [1.165, 1.54) is 15.6 Å². The molecule has 1 aromatic heterocycles. The number of hydrogen-bond donors (Lipinski definition) is 1. The first-order valence-electron chi connectivity index (χ1n) is 7.88. The van der Waals surface area contributed by atoms with Gasteiger partial charge in [0, 0.05) is 18.8 Å². The maximum atomic E-state index is 12.6. The minimum absolute atomic E-state index is 0.119. The van der Waals surface area contributed by atoms with Crippen LogP contribution in [0.15, 0.2) is 46.0 Å². The Labute approximate surface area is 146 Å². The molecule has 24 heavy (non-hydrogen) atoms. The minimum Gasteiger partial charge on any atom is -0.326 e. The summed E-state index contributed by atoms with van der Waals surface area (Å²) in [7, 11) is -3.49. The summed E-state index contributed by atoms with van der Waals surface area (Å²) in [6.07, 6.45) is 1.39. The summed E-state index contributed by atoms with van der Waals surface area (Å²) in [5.74, 6) is -0.444. The third-order valence-electron chi connectivity index (χ3n) is 4.13. The molecule has 3 rings (SSSR count). The normalized spacial score (nSPS) is 19.1. The van der Waals surface area contributed by atoms with E-state index in [2.05, 4.69) is 5.32 Å². The van der Waals surface area contributed by atoms with Gasteiger partial charge in [0.25, 0.3) is 10.0 Å². The van der Waals surface area contributed by atoms with E-state index in [1.807, 2.05) is 31.2 Å². The molecule has 1 N–H and O–H groups in total. The second-order valence-electron chi connectivity index (χ2n) is 5.99. The molecule has 1 saturated heterocycles. The van der Waals surface area contributed by atoms with Gasteiger partial charge in [-0.25, -0.2) is 8.42 Å². The fourth-order valence-corrected chi connectivity index (χ4v) is 5.55. The molecule has 1 amide bonds.